The predicted octanol–water partition coefficient (Wildman–Crippen LogP) is 1.99. The number of ether oxygens (including phenoxy) is 1. The van der Waals surface area contributed by atoms with Gasteiger partial charge in [-0.05, 0) is 35.4 Å². The van der Waals surface area contributed by atoms with E-state index in [-0.39, 0.29) is 12.2 Å². The molecule has 2 aromatic rings. The van der Waals surface area contributed by atoms with Gasteiger partial charge in [-0.2, -0.15) is 0 Å². The molecule has 3 rings (SSSR count). The fourth-order valence-electron chi connectivity index (χ4n) is 2.56. The molecule has 2 N–H and O–H groups in total. The van der Waals surface area contributed by atoms with Gasteiger partial charge in [-0.1, -0.05) is 6.07 Å². The van der Waals surface area contributed by atoms with Crippen LogP contribution in [0.3, 0.4) is 0 Å². The molecule has 1 aliphatic rings. The highest BCUT2D eigenvalue weighted by Gasteiger charge is 2.16. The molecule has 1 atom stereocenters. The Labute approximate surface area is 138 Å². The SMILES string of the molecule is O=C(NCC(O)c1ccc2c(c1)CCO2)c1ccc([N+](=O)[O-])cc1. The van der Waals surface area contributed by atoms with E-state index in [0.29, 0.717) is 17.7 Å². The van der Waals surface area contributed by atoms with Gasteiger partial charge in [0.05, 0.1) is 17.6 Å². The number of amides is 1. The van der Waals surface area contributed by atoms with Gasteiger partial charge in [0.25, 0.3) is 11.6 Å². The molecule has 0 fully saturated rings. The Balaban J connectivity index is 1.60. The highest BCUT2D eigenvalue weighted by atomic mass is 16.6. The minimum absolute atomic E-state index is 0.0511. The summed E-state index contributed by atoms with van der Waals surface area (Å²) in [6.07, 6.45) is -0.0247. The number of non-ortho nitro benzene ring substituents is 1. The number of nitrogens with one attached hydrogen (secondary N) is 1. The van der Waals surface area contributed by atoms with E-state index in [1.165, 1.54) is 24.3 Å². The van der Waals surface area contributed by atoms with Crippen LogP contribution in [0.4, 0.5) is 5.69 Å². The lowest BCUT2D eigenvalue weighted by Gasteiger charge is -2.13. The van der Waals surface area contributed by atoms with Crippen molar-refractivity contribution in [3.63, 3.8) is 0 Å². The number of nitro benzene ring substituents is 1. The van der Waals surface area contributed by atoms with Gasteiger partial charge in [0.2, 0.25) is 0 Å². The first kappa shape index (κ1) is 15.9. The Kier molecular flexibility index (Phi) is 4.43. The van der Waals surface area contributed by atoms with Crippen molar-refractivity contribution in [2.45, 2.75) is 12.5 Å². The molecule has 0 aliphatic carbocycles. The van der Waals surface area contributed by atoms with Crippen molar-refractivity contribution in [3.05, 3.63) is 69.3 Å². The van der Waals surface area contributed by atoms with E-state index in [1.54, 1.807) is 6.07 Å². The third-order valence-corrected chi connectivity index (χ3v) is 3.89. The first-order chi connectivity index (χ1) is 11.5. The second kappa shape index (κ2) is 6.67. The summed E-state index contributed by atoms with van der Waals surface area (Å²) in [6, 6.07) is 10.8. The quantitative estimate of drug-likeness (QED) is 0.645. The zero-order valence-electron chi connectivity index (χ0n) is 12.8. The molecule has 1 heterocycles. The highest BCUT2D eigenvalue weighted by Crippen LogP contribution is 2.28. The van der Waals surface area contributed by atoms with Gasteiger partial charge in [0.1, 0.15) is 5.75 Å². The number of fused-ring (bicyclic) bond motifs is 1. The number of rotatable bonds is 5. The minimum Gasteiger partial charge on any atom is -0.493 e. The Morgan fingerprint density at radius 1 is 1.29 bits per heavy atom. The summed E-state index contributed by atoms with van der Waals surface area (Å²) < 4.78 is 5.42. The number of aliphatic hydroxyl groups excluding tert-OH is 1. The van der Waals surface area contributed by atoms with Crippen molar-refractivity contribution in [3.8, 4) is 5.75 Å². The molecule has 7 nitrogen and oxygen atoms in total. The number of carbonyl (C=O) groups excluding carboxylic acids is 1. The molecule has 0 radical (unpaired) electrons. The maximum absolute atomic E-state index is 12.0. The van der Waals surface area contributed by atoms with Crippen molar-refractivity contribution in [2.24, 2.45) is 0 Å². The van der Waals surface area contributed by atoms with E-state index in [1.807, 2.05) is 12.1 Å². The lowest BCUT2D eigenvalue weighted by molar-refractivity contribution is -0.384. The van der Waals surface area contributed by atoms with Crippen LogP contribution in [0, 0.1) is 10.1 Å². The van der Waals surface area contributed by atoms with Crippen molar-refractivity contribution in [1.29, 1.82) is 0 Å². The molecule has 24 heavy (non-hydrogen) atoms. The van der Waals surface area contributed by atoms with E-state index in [2.05, 4.69) is 5.32 Å². The van der Waals surface area contributed by atoms with Gasteiger partial charge in [-0.3, -0.25) is 14.9 Å². The number of benzene rings is 2. The Bertz CT molecular complexity index is 773. The zero-order chi connectivity index (χ0) is 17.1. The summed E-state index contributed by atoms with van der Waals surface area (Å²) in [5, 5.41) is 23.4. The Hall–Kier alpha value is -2.93. The Morgan fingerprint density at radius 3 is 2.75 bits per heavy atom. The molecule has 0 saturated heterocycles. The van der Waals surface area contributed by atoms with Crippen LogP contribution in [0.5, 0.6) is 5.75 Å². The molecule has 0 spiro atoms. The zero-order valence-corrected chi connectivity index (χ0v) is 12.8. The molecular weight excluding hydrogens is 312 g/mol. The largest absolute Gasteiger partial charge is 0.493 e. The lowest BCUT2D eigenvalue weighted by atomic mass is 10.0. The van der Waals surface area contributed by atoms with Crippen LogP contribution >= 0.6 is 0 Å². The maximum Gasteiger partial charge on any atom is 0.269 e. The monoisotopic (exact) mass is 328 g/mol. The lowest BCUT2D eigenvalue weighted by Crippen LogP contribution is -2.28. The van der Waals surface area contributed by atoms with Crippen LogP contribution in [-0.2, 0) is 6.42 Å². The Morgan fingerprint density at radius 2 is 2.04 bits per heavy atom. The van der Waals surface area contributed by atoms with Gasteiger partial charge in [-0.15, -0.1) is 0 Å². The fraction of sp³-hybridized carbons (Fsp3) is 0.235. The summed E-state index contributed by atoms with van der Waals surface area (Å²) in [4.78, 5) is 22.1. The number of carbonyl (C=O) groups is 1. The highest BCUT2D eigenvalue weighted by molar-refractivity contribution is 5.94. The van der Waals surface area contributed by atoms with Crippen LogP contribution in [0.25, 0.3) is 0 Å². The van der Waals surface area contributed by atoms with Crippen LogP contribution in [0.15, 0.2) is 42.5 Å². The second-order valence-corrected chi connectivity index (χ2v) is 5.50. The van der Waals surface area contributed by atoms with Gasteiger partial charge in [0, 0.05) is 30.7 Å². The van der Waals surface area contributed by atoms with Crippen molar-refractivity contribution >= 4 is 11.6 Å². The maximum atomic E-state index is 12.0. The van der Waals surface area contributed by atoms with Crippen molar-refractivity contribution in [1.82, 2.24) is 5.32 Å². The molecule has 7 heteroatoms. The third-order valence-electron chi connectivity index (χ3n) is 3.89. The number of nitro groups is 1. The predicted molar refractivity (Wildman–Crippen MR) is 86.0 cm³/mol. The smallest absolute Gasteiger partial charge is 0.269 e. The van der Waals surface area contributed by atoms with E-state index in [9.17, 15) is 20.0 Å². The summed E-state index contributed by atoms with van der Waals surface area (Å²) in [6.45, 7) is 0.696. The van der Waals surface area contributed by atoms with Gasteiger partial charge >= 0.3 is 0 Å². The summed E-state index contributed by atoms with van der Waals surface area (Å²) >= 11 is 0. The van der Waals surface area contributed by atoms with E-state index in [4.69, 9.17) is 4.74 Å². The van der Waals surface area contributed by atoms with Crippen molar-refractivity contribution in [2.75, 3.05) is 13.2 Å². The number of aliphatic hydroxyl groups is 1. The minimum atomic E-state index is -0.835. The summed E-state index contributed by atoms with van der Waals surface area (Å²) in [7, 11) is 0. The third kappa shape index (κ3) is 3.36. The van der Waals surface area contributed by atoms with Crippen LogP contribution in [0.1, 0.15) is 27.6 Å². The van der Waals surface area contributed by atoms with E-state index < -0.39 is 16.9 Å². The number of hydrogen-bond donors (Lipinski definition) is 2. The molecule has 1 unspecified atom stereocenters. The standard InChI is InChI=1S/C17H16N2O5/c20-15(12-3-6-16-13(9-12)7-8-24-16)10-18-17(21)11-1-4-14(5-2-11)19(22)23/h1-6,9,15,20H,7-8,10H2,(H,18,21). The normalized spacial score (nSPS) is 13.7. The van der Waals surface area contributed by atoms with Crippen LogP contribution in [0.2, 0.25) is 0 Å². The number of nitrogens with zero attached hydrogens (tertiary/aromatic N) is 1. The molecular formula is C17H16N2O5. The first-order valence-corrected chi connectivity index (χ1v) is 7.51. The number of hydrogen-bond acceptors (Lipinski definition) is 5. The molecule has 124 valence electrons. The fourth-order valence-corrected chi connectivity index (χ4v) is 2.56. The van der Waals surface area contributed by atoms with E-state index >= 15 is 0 Å². The van der Waals surface area contributed by atoms with Gasteiger partial charge in [-0.25, -0.2) is 0 Å². The van der Waals surface area contributed by atoms with E-state index in [0.717, 1.165) is 17.7 Å². The summed E-state index contributed by atoms with van der Waals surface area (Å²) in [5.74, 6) is 0.439. The van der Waals surface area contributed by atoms with Gasteiger partial charge < -0.3 is 15.2 Å². The molecule has 2 aromatic carbocycles. The van der Waals surface area contributed by atoms with Crippen molar-refractivity contribution < 1.29 is 19.6 Å². The molecule has 1 aliphatic heterocycles. The first-order valence-electron chi connectivity index (χ1n) is 7.51. The second-order valence-electron chi connectivity index (χ2n) is 5.50. The van der Waals surface area contributed by atoms with Gasteiger partial charge in [0.15, 0.2) is 0 Å². The van der Waals surface area contributed by atoms with Crippen LogP contribution in [-0.4, -0.2) is 29.1 Å². The summed E-state index contributed by atoms with van der Waals surface area (Å²) in [5.41, 5.74) is 1.98. The molecule has 0 aromatic heterocycles. The average molecular weight is 328 g/mol. The molecule has 0 saturated carbocycles. The van der Waals surface area contributed by atoms with Crippen LogP contribution < -0.4 is 10.1 Å². The molecule has 1 amide bonds. The average Bonchev–Trinajstić information content (AvgIpc) is 3.07. The topological polar surface area (TPSA) is 102 Å². The molecule has 0 bridgehead atoms.